The number of carbonyl (C=O) groups is 1. The molecule has 2 heterocycles. The number of ether oxygens (including phenoxy) is 2. The fraction of sp³-hybridized carbons (Fsp3) is 0.696. The second-order valence-electron chi connectivity index (χ2n) is 8.52. The molecule has 2 fully saturated rings. The zero-order valence-corrected chi connectivity index (χ0v) is 19.5. The molecule has 1 amide bonds. The Bertz CT molecular complexity index is 662. The molecular formula is C23H35BrN2O3. The van der Waals surface area contributed by atoms with Crippen LogP contribution in [0.2, 0.25) is 0 Å². The average Bonchev–Trinajstić information content (AvgIpc) is 2.75. The number of hydrogen-bond acceptors (Lipinski definition) is 4. The van der Waals surface area contributed by atoms with Gasteiger partial charge in [-0.2, -0.15) is 0 Å². The van der Waals surface area contributed by atoms with Gasteiger partial charge in [0.2, 0.25) is 5.91 Å². The molecule has 5 nitrogen and oxygen atoms in total. The number of nitrogens with zero attached hydrogens (tertiary/aromatic N) is 2. The summed E-state index contributed by atoms with van der Waals surface area (Å²) in [6.07, 6.45) is 7.20. The summed E-state index contributed by atoms with van der Waals surface area (Å²) in [6, 6.07) is 6.26. The lowest BCUT2D eigenvalue weighted by Crippen LogP contribution is -2.43. The summed E-state index contributed by atoms with van der Waals surface area (Å²) in [5, 5.41) is 0. The molecule has 0 N–H and O–H groups in total. The molecule has 0 radical (unpaired) electrons. The van der Waals surface area contributed by atoms with Crippen molar-refractivity contribution in [3.8, 4) is 5.75 Å². The van der Waals surface area contributed by atoms with Crippen LogP contribution in [0.4, 0.5) is 0 Å². The van der Waals surface area contributed by atoms with E-state index in [0.717, 1.165) is 44.1 Å². The fourth-order valence-corrected chi connectivity index (χ4v) is 5.08. The number of amides is 1. The maximum Gasteiger partial charge on any atom is 0.248 e. The van der Waals surface area contributed by atoms with Gasteiger partial charge in [-0.05, 0) is 93.8 Å². The number of methoxy groups -OCH3 is 2. The fourth-order valence-electron chi connectivity index (χ4n) is 4.67. The smallest absolute Gasteiger partial charge is 0.248 e. The number of piperidine rings is 2. The van der Waals surface area contributed by atoms with Crippen LogP contribution in [0.5, 0.6) is 5.75 Å². The van der Waals surface area contributed by atoms with Gasteiger partial charge in [0.1, 0.15) is 12.4 Å². The van der Waals surface area contributed by atoms with E-state index in [1.165, 1.54) is 48.8 Å². The molecule has 0 bridgehead atoms. The minimum absolute atomic E-state index is 0.140. The van der Waals surface area contributed by atoms with Crippen LogP contribution in [0.25, 0.3) is 0 Å². The van der Waals surface area contributed by atoms with Crippen molar-refractivity contribution in [2.75, 3.05) is 53.6 Å². The van der Waals surface area contributed by atoms with Crippen molar-refractivity contribution in [3.63, 3.8) is 0 Å². The van der Waals surface area contributed by atoms with E-state index < -0.39 is 0 Å². The zero-order chi connectivity index (χ0) is 20.6. The standard InChI is InChI=1S/C23H35BrN2O3/c1-28-17-23(27)26-10-3-4-19(16-26)9-13-25-11-7-18(8-12-25)14-20-15-21(29-2)5-6-22(20)24/h5-6,15,18-19H,3-4,7-14,16-17H2,1-2H3. The molecule has 1 aromatic carbocycles. The Morgan fingerprint density at radius 3 is 2.66 bits per heavy atom. The second kappa shape index (κ2) is 11.3. The Balaban J connectivity index is 1.39. The van der Waals surface area contributed by atoms with E-state index in [1.807, 2.05) is 11.0 Å². The van der Waals surface area contributed by atoms with Gasteiger partial charge in [-0.25, -0.2) is 0 Å². The van der Waals surface area contributed by atoms with Gasteiger partial charge in [-0.3, -0.25) is 4.79 Å². The molecule has 0 spiro atoms. The maximum atomic E-state index is 12.1. The summed E-state index contributed by atoms with van der Waals surface area (Å²) in [6.45, 7) is 5.54. The normalized spacial score (nSPS) is 21.3. The van der Waals surface area contributed by atoms with E-state index in [1.54, 1.807) is 14.2 Å². The van der Waals surface area contributed by atoms with E-state index in [2.05, 4.69) is 33.0 Å². The van der Waals surface area contributed by atoms with Crippen LogP contribution in [0.15, 0.2) is 22.7 Å². The molecule has 2 saturated heterocycles. The minimum atomic E-state index is 0.140. The van der Waals surface area contributed by atoms with Gasteiger partial charge in [0.05, 0.1) is 7.11 Å². The predicted octanol–water partition coefficient (Wildman–Crippen LogP) is 3.99. The van der Waals surface area contributed by atoms with E-state index in [9.17, 15) is 4.79 Å². The van der Waals surface area contributed by atoms with Crippen molar-refractivity contribution in [1.82, 2.24) is 9.80 Å². The summed E-state index contributed by atoms with van der Waals surface area (Å²) < 4.78 is 11.6. The van der Waals surface area contributed by atoms with E-state index in [0.29, 0.717) is 5.92 Å². The second-order valence-corrected chi connectivity index (χ2v) is 9.37. The molecule has 0 saturated carbocycles. The van der Waals surface area contributed by atoms with E-state index in [4.69, 9.17) is 9.47 Å². The lowest BCUT2D eigenvalue weighted by atomic mass is 9.89. The largest absolute Gasteiger partial charge is 0.497 e. The molecule has 1 aromatic rings. The Labute approximate surface area is 183 Å². The van der Waals surface area contributed by atoms with Crippen LogP contribution in [-0.4, -0.2) is 69.3 Å². The van der Waals surface area contributed by atoms with Crippen molar-refractivity contribution < 1.29 is 14.3 Å². The number of rotatable bonds is 8. The van der Waals surface area contributed by atoms with Crippen LogP contribution >= 0.6 is 15.9 Å². The minimum Gasteiger partial charge on any atom is -0.497 e. The summed E-state index contributed by atoms with van der Waals surface area (Å²) in [5.41, 5.74) is 1.35. The van der Waals surface area contributed by atoms with E-state index >= 15 is 0 Å². The summed E-state index contributed by atoms with van der Waals surface area (Å²) in [4.78, 5) is 16.7. The van der Waals surface area contributed by atoms with Crippen LogP contribution in [0.1, 0.15) is 37.7 Å². The monoisotopic (exact) mass is 466 g/mol. The van der Waals surface area contributed by atoms with Gasteiger partial charge >= 0.3 is 0 Å². The highest BCUT2D eigenvalue weighted by Gasteiger charge is 2.25. The van der Waals surface area contributed by atoms with Crippen molar-refractivity contribution in [2.24, 2.45) is 11.8 Å². The van der Waals surface area contributed by atoms with Crippen molar-refractivity contribution >= 4 is 21.8 Å². The Hall–Kier alpha value is -1.11. The lowest BCUT2D eigenvalue weighted by molar-refractivity contribution is -0.137. The van der Waals surface area contributed by atoms with Gasteiger partial charge in [0.15, 0.2) is 0 Å². The van der Waals surface area contributed by atoms with Crippen molar-refractivity contribution in [3.05, 3.63) is 28.2 Å². The Morgan fingerprint density at radius 2 is 1.93 bits per heavy atom. The zero-order valence-electron chi connectivity index (χ0n) is 17.9. The molecule has 6 heteroatoms. The summed E-state index contributed by atoms with van der Waals surface area (Å²) >= 11 is 3.69. The van der Waals surface area contributed by atoms with Gasteiger partial charge in [-0.1, -0.05) is 15.9 Å². The summed E-state index contributed by atoms with van der Waals surface area (Å²) in [5.74, 6) is 2.45. The Morgan fingerprint density at radius 1 is 1.14 bits per heavy atom. The van der Waals surface area contributed by atoms with Crippen molar-refractivity contribution in [1.29, 1.82) is 0 Å². The van der Waals surface area contributed by atoms with Crippen molar-refractivity contribution in [2.45, 2.75) is 38.5 Å². The quantitative estimate of drug-likeness (QED) is 0.580. The Kier molecular flexibility index (Phi) is 8.82. The molecule has 162 valence electrons. The van der Waals surface area contributed by atoms with Gasteiger partial charge in [0.25, 0.3) is 0 Å². The first-order chi connectivity index (χ1) is 14.1. The highest BCUT2D eigenvalue weighted by molar-refractivity contribution is 9.10. The molecule has 1 atom stereocenters. The number of hydrogen-bond donors (Lipinski definition) is 0. The lowest BCUT2D eigenvalue weighted by Gasteiger charge is -2.36. The third-order valence-corrected chi connectivity index (χ3v) is 7.24. The molecule has 2 aliphatic heterocycles. The third-order valence-electron chi connectivity index (χ3n) is 6.46. The van der Waals surface area contributed by atoms with Crippen LogP contribution in [-0.2, 0) is 16.0 Å². The topological polar surface area (TPSA) is 42.0 Å². The van der Waals surface area contributed by atoms with E-state index in [-0.39, 0.29) is 12.5 Å². The average molecular weight is 467 g/mol. The molecule has 0 aromatic heterocycles. The van der Waals surface area contributed by atoms with Crippen LogP contribution in [0, 0.1) is 11.8 Å². The molecule has 29 heavy (non-hydrogen) atoms. The first-order valence-corrected chi connectivity index (χ1v) is 11.7. The summed E-state index contributed by atoms with van der Waals surface area (Å²) in [7, 11) is 3.32. The SMILES string of the molecule is COCC(=O)N1CCCC(CCN2CCC(Cc3cc(OC)ccc3Br)CC2)C1. The number of benzene rings is 1. The van der Waals surface area contributed by atoms with Crippen LogP contribution < -0.4 is 4.74 Å². The first-order valence-electron chi connectivity index (χ1n) is 10.9. The predicted molar refractivity (Wildman–Crippen MR) is 119 cm³/mol. The highest BCUT2D eigenvalue weighted by Crippen LogP contribution is 2.29. The molecule has 1 unspecified atom stereocenters. The molecular weight excluding hydrogens is 432 g/mol. The maximum absolute atomic E-state index is 12.1. The van der Waals surface area contributed by atoms with Crippen LogP contribution in [0.3, 0.4) is 0 Å². The number of likely N-dealkylation sites (tertiary alicyclic amines) is 2. The molecule has 2 aliphatic rings. The molecule has 3 rings (SSSR count). The first kappa shape index (κ1) is 22.6. The highest BCUT2D eigenvalue weighted by atomic mass is 79.9. The number of halogens is 1. The van der Waals surface area contributed by atoms with Gasteiger partial charge in [-0.15, -0.1) is 0 Å². The third kappa shape index (κ3) is 6.69. The van der Waals surface area contributed by atoms with Gasteiger partial charge < -0.3 is 19.3 Å². The number of carbonyl (C=O) groups excluding carboxylic acids is 1. The molecule has 0 aliphatic carbocycles. The van der Waals surface area contributed by atoms with Gasteiger partial charge in [0, 0.05) is 24.7 Å².